The number of nitrogens with zero attached hydrogens (tertiary/aromatic N) is 1. The summed E-state index contributed by atoms with van der Waals surface area (Å²) < 4.78 is 11.2. The van der Waals surface area contributed by atoms with Crippen LogP contribution in [-0.4, -0.2) is 36.7 Å². The summed E-state index contributed by atoms with van der Waals surface area (Å²) in [6.45, 7) is 6.78. The first-order valence-corrected chi connectivity index (χ1v) is 7.07. The van der Waals surface area contributed by atoms with Crippen molar-refractivity contribution in [2.24, 2.45) is 5.73 Å². The van der Waals surface area contributed by atoms with Crippen LogP contribution in [0.3, 0.4) is 0 Å². The van der Waals surface area contributed by atoms with E-state index in [1.54, 1.807) is 0 Å². The minimum absolute atomic E-state index is 0.199. The van der Waals surface area contributed by atoms with Crippen molar-refractivity contribution in [1.82, 2.24) is 4.90 Å². The smallest absolute Gasteiger partial charge is 0.161 e. The van der Waals surface area contributed by atoms with Gasteiger partial charge in [-0.15, -0.1) is 0 Å². The zero-order valence-electron chi connectivity index (χ0n) is 11.6. The molecule has 0 amide bonds. The summed E-state index contributed by atoms with van der Waals surface area (Å²) >= 11 is 0. The molecule has 0 aromatic heterocycles. The van der Waals surface area contributed by atoms with Gasteiger partial charge in [-0.3, -0.25) is 4.90 Å². The average Bonchev–Trinajstić information content (AvgIpc) is 2.80. The number of hydrogen-bond acceptors (Lipinski definition) is 4. The standard InChI is InChI=1S/C15H22N2O2/c1-10(2)17-6-5-12(16)15(17)11-3-4-13-14(9-11)19-8-7-18-13/h3-4,9-10,12,15H,5-8,16H2,1-2H3. The van der Waals surface area contributed by atoms with Gasteiger partial charge in [-0.25, -0.2) is 0 Å². The van der Waals surface area contributed by atoms with E-state index in [-0.39, 0.29) is 12.1 Å². The molecule has 0 radical (unpaired) electrons. The van der Waals surface area contributed by atoms with Crippen molar-refractivity contribution in [3.8, 4) is 11.5 Å². The molecule has 4 heteroatoms. The Bertz CT molecular complexity index is 461. The van der Waals surface area contributed by atoms with Gasteiger partial charge in [-0.2, -0.15) is 0 Å². The molecular formula is C15H22N2O2. The molecule has 1 fully saturated rings. The molecule has 2 atom stereocenters. The molecule has 2 aliphatic rings. The predicted molar refractivity (Wildman–Crippen MR) is 74.6 cm³/mol. The largest absolute Gasteiger partial charge is 0.486 e. The molecule has 2 N–H and O–H groups in total. The molecule has 19 heavy (non-hydrogen) atoms. The molecule has 1 aromatic rings. The molecule has 4 nitrogen and oxygen atoms in total. The van der Waals surface area contributed by atoms with Crippen LogP contribution in [0.25, 0.3) is 0 Å². The fraction of sp³-hybridized carbons (Fsp3) is 0.600. The lowest BCUT2D eigenvalue weighted by molar-refractivity contribution is 0.169. The van der Waals surface area contributed by atoms with Crippen molar-refractivity contribution >= 4 is 0 Å². The maximum atomic E-state index is 6.30. The molecule has 104 valence electrons. The van der Waals surface area contributed by atoms with Crippen molar-refractivity contribution in [3.63, 3.8) is 0 Å². The van der Waals surface area contributed by atoms with Crippen LogP contribution in [0.5, 0.6) is 11.5 Å². The lowest BCUT2D eigenvalue weighted by atomic mass is 9.99. The first kappa shape index (κ1) is 12.8. The van der Waals surface area contributed by atoms with E-state index in [4.69, 9.17) is 15.2 Å². The monoisotopic (exact) mass is 262 g/mol. The number of ether oxygens (including phenoxy) is 2. The fourth-order valence-corrected chi connectivity index (χ4v) is 3.10. The summed E-state index contributed by atoms with van der Waals surface area (Å²) in [4.78, 5) is 2.47. The van der Waals surface area contributed by atoms with Crippen LogP contribution in [0.2, 0.25) is 0 Å². The molecule has 1 saturated heterocycles. The summed E-state index contributed by atoms with van der Waals surface area (Å²) in [5.41, 5.74) is 7.54. The fourth-order valence-electron chi connectivity index (χ4n) is 3.10. The lowest BCUT2D eigenvalue weighted by Crippen LogP contribution is -2.36. The third-order valence-corrected chi connectivity index (χ3v) is 4.05. The Morgan fingerprint density at radius 3 is 2.68 bits per heavy atom. The maximum Gasteiger partial charge on any atom is 0.161 e. The molecule has 2 aliphatic heterocycles. The van der Waals surface area contributed by atoms with Crippen molar-refractivity contribution in [2.75, 3.05) is 19.8 Å². The Morgan fingerprint density at radius 1 is 1.21 bits per heavy atom. The lowest BCUT2D eigenvalue weighted by Gasteiger charge is -2.31. The Balaban J connectivity index is 1.92. The Labute approximate surface area is 114 Å². The highest BCUT2D eigenvalue weighted by Gasteiger charge is 2.34. The van der Waals surface area contributed by atoms with E-state index in [1.807, 2.05) is 6.07 Å². The highest BCUT2D eigenvalue weighted by atomic mass is 16.6. The number of likely N-dealkylation sites (tertiary alicyclic amines) is 1. The van der Waals surface area contributed by atoms with Gasteiger partial charge in [0.05, 0.1) is 6.04 Å². The van der Waals surface area contributed by atoms with Crippen molar-refractivity contribution in [1.29, 1.82) is 0 Å². The van der Waals surface area contributed by atoms with Gasteiger partial charge >= 0.3 is 0 Å². The second kappa shape index (κ2) is 5.02. The Hall–Kier alpha value is -1.26. The van der Waals surface area contributed by atoms with E-state index < -0.39 is 0 Å². The Kier molecular flexibility index (Phi) is 3.37. The SMILES string of the molecule is CC(C)N1CCC(N)C1c1ccc2c(c1)OCCO2. The van der Waals surface area contributed by atoms with Gasteiger partial charge in [-0.05, 0) is 38.0 Å². The highest BCUT2D eigenvalue weighted by molar-refractivity contribution is 5.45. The van der Waals surface area contributed by atoms with E-state index in [1.165, 1.54) is 5.56 Å². The van der Waals surface area contributed by atoms with E-state index in [2.05, 4.69) is 30.9 Å². The van der Waals surface area contributed by atoms with Crippen molar-refractivity contribution in [2.45, 2.75) is 38.4 Å². The van der Waals surface area contributed by atoms with Gasteiger partial charge in [0.2, 0.25) is 0 Å². The first-order valence-electron chi connectivity index (χ1n) is 7.07. The maximum absolute atomic E-state index is 6.30. The van der Waals surface area contributed by atoms with Crippen LogP contribution >= 0.6 is 0 Å². The van der Waals surface area contributed by atoms with Gasteiger partial charge in [0, 0.05) is 18.6 Å². The molecule has 1 aromatic carbocycles. The normalized spacial score (nSPS) is 26.9. The van der Waals surface area contributed by atoms with Crippen LogP contribution < -0.4 is 15.2 Å². The number of hydrogen-bond donors (Lipinski definition) is 1. The number of rotatable bonds is 2. The van der Waals surface area contributed by atoms with E-state index in [9.17, 15) is 0 Å². The molecule has 0 aliphatic carbocycles. The summed E-state index contributed by atoms with van der Waals surface area (Å²) in [7, 11) is 0. The number of fused-ring (bicyclic) bond motifs is 1. The first-order chi connectivity index (χ1) is 9.16. The topological polar surface area (TPSA) is 47.7 Å². The summed E-state index contributed by atoms with van der Waals surface area (Å²) in [6.07, 6.45) is 1.05. The minimum Gasteiger partial charge on any atom is -0.486 e. The molecular weight excluding hydrogens is 240 g/mol. The Morgan fingerprint density at radius 2 is 1.95 bits per heavy atom. The van der Waals surface area contributed by atoms with E-state index in [0.717, 1.165) is 24.5 Å². The second-order valence-corrected chi connectivity index (χ2v) is 5.63. The molecule has 2 unspecified atom stereocenters. The van der Waals surface area contributed by atoms with Crippen LogP contribution in [0.4, 0.5) is 0 Å². The number of nitrogens with two attached hydrogens (primary N) is 1. The molecule has 0 bridgehead atoms. The van der Waals surface area contributed by atoms with Gasteiger partial charge in [0.1, 0.15) is 13.2 Å². The highest BCUT2D eigenvalue weighted by Crippen LogP contribution is 2.38. The summed E-state index contributed by atoms with van der Waals surface area (Å²) in [5.74, 6) is 1.70. The minimum atomic E-state index is 0.199. The summed E-state index contributed by atoms with van der Waals surface area (Å²) in [5, 5.41) is 0. The van der Waals surface area contributed by atoms with E-state index in [0.29, 0.717) is 19.3 Å². The molecule has 0 spiro atoms. The zero-order chi connectivity index (χ0) is 13.4. The van der Waals surface area contributed by atoms with Crippen molar-refractivity contribution in [3.05, 3.63) is 23.8 Å². The van der Waals surface area contributed by atoms with Crippen LogP contribution in [-0.2, 0) is 0 Å². The molecule has 0 saturated carbocycles. The second-order valence-electron chi connectivity index (χ2n) is 5.63. The third kappa shape index (κ3) is 2.30. The average molecular weight is 262 g/mol. The number of benzene rings is 1. The van der Waals surface area contributed by atoms with Gasteiger partial charge < -0.3 is 15.2 Å². The molecule has 2 heterocycles. The van der Waals surface area contributed by atoms with Crippen LogP contribution in [0, 0.1) is 0 Å². The van der Waals surface area contributed by atoms with Gasteiger partial charge in [0.25, 0.3) is 0 Å². The quantitative estimate of drug-likeness (QED) is 0.885. The zero-order valence-corrected chi connectivity index (χ0v) is 11.6. The third-order valence-electron chi connectivity index (χ3n) is 4.05. The van der Waals surface area contributed by atoms with Gasteiger partial charge in [0.15, 0.2) is 11.5 Å². The molecule has 3 rings (SSSR count). The van der Waals surface area contributed by atoms with Gasteiger partial charge in [-0.1, -0.05) is 6.07 Å². The van der Waals surface area contributed by atoms with Crippen LogP contribution in [0.15, 0.2) is 18.2 Å². The van der Waals surface area contributed by atoms with Crippen LogP contribution in [0.1, 0.15) is 31.9 Å². The predicted octanol–water partition coefficient (Wildman–Crippen LogP) is 1.94. The van der Waals surface area contributed by atoms with Crippen molar-refractivity contribution < 1.29 is 9.47 Å². The van der Waals surface area contributed by atoms with E-state index >= 15 is 0 Å². The summed E-state index contributed by atoms with van der Waals surface area (Å²) in [6, 6.07) is 7.22.